The SMILES string of the molecule is C[C@H](CO)N1C[C@H](C)[C@H](CN(C)Cc2ccc(Cl)c(Cl)c2)Oc2ccc(NC(=O)Cc3ccccc3)cc2CC1=O. The van der Waals surface area contributed by atoms with E-state index >= 15 is 0 Å². The van der Waals surface area contributed by atoms with Crippen molar-refractivity contribution in [2.75, 3.05) is 32.1 Å². The quantitative estimate of drug-likeness (QED) is 0.342. The molecule has 1 aliphatic heterocycles. The Morgan fingerprint density at radius 3 is 2.56 bits per heavy atom. The lowest BCUT2D eigenvalue weighted by molar-refractivity contribution is -0.134. The molecule has 41 heavy (non-hydrogen) atoms. The van der Waals surface area contributed by atoms with E-state index in [0.29, 0.717) is 46.7 Å². The van der Waals surface area contributed by atoms with Gasteiger partial charge in [0.15, 0.2) is 0 Å². The number of carbonyl (C=O) groups excluding carboxylic acids is 2. The highest BCUT2D eigenvalue weighted by Gasteiger charge is 2.31. The zero-order valence-corrected chi connectivity index (χ0v) is 25.2. The molecule has 0 aromatic heterocycles. The Hall–Kier alpha value is -3.10. The largest absolute Gasteiger partial charge is 0.488 e. The average Bonchev–Trinajstić information content (AvgIpc) is 2.98. The molecule has 4 rings (SSSR count). The molecule has 3 aromatic carbocycles. The molecule has 0 unspecified atom stereocenters. The van der Waals surface area contributed by atoms with Gasteiger partial charge >= 0.3 is 0 Å². The lowest BCUT2D eigenvalue weighted by Crippen LogP contribution is -2.47. The van der Waals surface area contributed by atoms with E-state index in [1.165, 1.54) is 0 Å². The molecule has 2 amide bonds. The van der Waals surface area contributed by atoms with Crippen molar-refractivity contribution in [1.29, 1.82) is 0 Å². The first-order chi connectivity index (χ1) is 19.6. The number of benzene rings is 3. The first-order valence-electron chi connectivity index (χ1n) is 13.8. The van der Waals surface area contributed by atoms with Gasteiger partial charge in [0.1, 0.15) is 11.9 Å². The number of halogens is 2. The predicted octanol–water partition coefficient (Wildman–Crippen LogP) is 5.46. The van der Waals surface area contributed by atoms with Crippen LogP contribution in [0.5, 0.6) is 5.75 Å². The molecule has 7 nitrogen and oxygen atoms in total. The van der Waals surface area contributed by atoms with Gasteiger partial charge in [-0.25, -0.2) is 0 Å². The van der Waals surface area contributed by atoms with Crippen LogP contribution in [0.25, 0.3) is 0 Å². The number of aliphatic hydroxyl groups is 1. The van der Waals surface area contributed by atoms with Gasteiger partial charge in [-0.15, -0.1) is 0 Å². The van der Waals surface area contributed by atoms with Crippen molar-refractivity contribution >= 4 is 40.7 Å². The number of anilines is 1. The van der Waals surface area contributed by atoms with Crippen LogP contribution in [0.15, 0.2) is 66.7 Å². The molecule has 218 valence electrons. The number of rotatable bonds is 9. The van der Waals surface area contributed by atoms with Gasteiger partial charge < -0.3 is 20.1 Å². The molecule has 1 aliphatic rings. The molecule has 0 aliphatic carbocycles. The number of amides is 2. The molecule has 0 spiro atoms. The van der Waals surface area contributed by atoms with Crippen molar-refractivity contribution in [2.45, 2.75) is 45.4 Å². The zero-order valence-electron chi connectivity index (χ0n) is 23.6. The van der Waals surface area contributed by atoms with Gasteiger partial charge in [0.2, 0.25) is 11.8 Å². The third kappa shape index (κ3) is 8.46. The normalized spacial score (nSPS) is 18.1. The van der Waals surface area contributed by atoms with Crippen molar-refractivity contribution in [3.63, 3.8) is 0 Å². The van der Waals surface area contributed by atoms with Gasteiger partial charge in [0, 0.05) is 36.8 Å². The molecule has 0 saturated heterocycles. The molecule has 3 aromatic rings. The predicted molar refractivity (Wildman–Crippen MR) is 164 cm³/mol. The molecule has 9 heteroatoms. The fourth-order valence-corrected chi connectivity index (χ4v) is 5.35. The summed E-state index contributed by atoms with van der Waals surface area (Å²) in [4.78, 5) is 30.1. The lowest BCUT2D eigenvalue weighted by atomic mass is 10.0. The summed E-state index contributed by atoms with van der Waals surface area (Å²) in [5, 5.41) is 13.9. The Morgan fingerprint density at radius 2 is 1.85 bits per heavy atom. The molecule has 3 atom stereocenters. The van der Waals surface area contributed by atoms with Crippen LogP contribution < -0.4 is 10.1 Å². The van der Waals surface area contributed by atoms with Gasteiger partial charge in [-0.05, 0) is 55.4 Å². The fourth-order valence-electron chi connectivity index (χ4n) is 5.03. The summed E-state index contributed by atoms with van der Waals surface area (Å²) < 4.78 is 6.60. The Bertz CT molecular complexity index is 1350. The molecule has 0 bridgehead atoms. The standard InChI is InChI=1S/C32H37Cl2N3O4/c1-21-17-37(22(2)20-38)32(40)16-25-15-26(35-31(39)14-23-7-5-4-6-8-23)10-12-29(25)41-30(21)19-36(3)18-24-9-11-27(33)28(34)13-24/h4-13,15,21-22,30,38H,14,16-20H2,1-3H3,(H,35,39)/t21-,22+,30-/m0/s1. The Balaban J connectivity index is 1.56. The first-order valence-corrected chi connectivity index (χ1v) is 14.5. The minimum absolute atomic E-state index is 0.0274. The van der Waals surface area contributed by atoms with E-state index in [1.54, 1.807) is 17.0 Å². The number of hydrogen-bond donors (Lipinski definition) is 2. The van der Waals surface area contributed by atoms with E-state index in [9.17, 15) is 14.7 Å². The maximum absolute atomic E-state index is 13.5. The summed E-state index contributed by atoms with van der Waals surface area (Å²) in [6.07, 6.45) is 0.0971. The smallest absolute Gasteiger partial charge is 0.228 e. The van der Waals surface area contributed by atoms with E-state index in [0.717, 1.165) is 11.1 Å². The van der Waals surface area contributed by atoms with Crippen LogP contribution in [0.1, 0.15) is 30.5 Å². The summed E-state index contributed by atoms with van der Waals surface area (Å²) in [5.74, 6) is 0.344. The van der Waals surface area contributed by atoms with Crippen LogP contribution >= 0.6 is 23.2 Å². The molecule has 2 N–H and O–H groups in total. The number of carbonyl (C=O) groups is 2. The first kappa shape index (κ1) is 30.8. The topological polar surface area (TPSA) is 82.1 Å². The van der Waals surface area contributed by atoms with E-state index in [4.69, 9.17) is 27.9 Å². The van der Waals surface area contributed by atoms with E-state index < -0.39 is 0 Å². The van der Waals surface area contributed by atoms with E-state index in [-0.39, 0.29) is 49.3 Å². The van der Waals surface area contributed by atoms with Crippen LogP contribution in [0.4, 0.5) is 5.69 Å². The Morgan fingerprint density at radius 1 is 1.10 bits per heavy atom. The minimum Gasteiger partial charge on any atom is -0.488 e. The number of nitrogens with zero attached hydrogens (tertiary/aromatic N) is 2. The van der Waals surface area contributed by atoms with Crippen molar-refractivity contribution in [1.82, 2.24) is 9.80 Å². The number of likely N-dealkylation sites (N-methyl/N-ethyl adjacent to an activating group) is 1. The van der Waals surface area contributed by atoms with Crippen LogP contribution in [0, 0.1) is 5.92 Å². The van der Waals surface area contributed by atoms with Crippen LogP contribution in [-0.4, -0.2) is 65.6 Å². The Kier molecular flexibility index (Phi) is 10.7. The van der Waals surface area contributed by atoms with Crippen LogP contribution in [-0.2, 0) is 29.0 Å². The average molecular weight is 599 g/mol. The summed E-state index contributed by atoms with van der Waals surface area (Å²) in [6, 6.07) is 20.2. The van der Waals surface area contributed by atoms with Gasteiger partial charge in [-0.1, -0.05) is 66.5 Å². The van der Waals surface area contributed by atoms with Gasteiger partial charge in [0.25, 0.3) is 0 Å². The number of aliphatic hydroxyl groups excluding tert-OH is 1. The van der Waals surface area contributed by atoms with E-state index in [2.05, 4.69) is 17.1 Å². The van der Waals surface area contributed by atoms with Gasteiger partial charge in [-0.2, -0.15) is 0 Å². The second kappa shape index (κ2) is 14.2. The molecule has 0 saturated carbocycles. The molecule has 0 fully saturated rings. The highest BCUT2D eigenvalue weighted by Crippen LogP contribution is 2.30. The molecular weight excluding hydrogens is 561 g/mol. The fraction of sp³-hybridized carbons (Fsp3) is 0.375. The second-order valence-corrected chi connectivity index (χ2v) is 11.7. The Labute approximate surface area is 252 Å². The summed E-state index contributed by atoms with van der Waals surface area (Å²) >= 11 is 12.3. The van der Waals surface area contributed by atoms with E-state index in [1.807, 2.05) is 68.6 Å². The number of fused-ring (bicyclic) bond motifs is 1. The third-order valence-corrected chi connectivity index (χ3v) is 8.07. The van der Waals surface area contributed by atoms with Crippen molar-refractivity contribution in [2.24, 2.45) is 5.92 Å². The minimum atomic E-state index is -0.338. The number of nitrogens with one attached hydrogen (secondary N) is 1. The van der Waals surface area contributed by atoms with Crippen LogP contribution in [0.2, 0.25) is 10.0 Å². The van der Waals surface area contributed by atoms with Crippen molar-refractivity contribution < 1.29 is 19.4 Å². The monoisotopic (exact) mass is 597 g/mol. The van der Waals surface area contributed by atoms with Gasteiger partial charge in [0.05, 0.1) is 35.5 Å². The summed E-state index contributed by atoms with van der Waals surface area (Å²) in [6.45, 7) is 5.44. The van der Waals surface area contributed by atoms with Crippen molar-refractivity contribution in [3.05, 3.63) is 93.5 Å². The highest BCUT2D eigenvalue weighted by atomic mass is 35.5. The molecule has 0 radical (unpaired) electrons. The maximum atomic E-state index is 13.5. The summed E-state index contributed by atoms with van der Waals surface area (Å²) in [5.41, 5.74) is 3.23. The van der Waals surface area contributed by atoms with Gasteiger partial charge in [-0.3, -0.25) is 14.5 Å². The summed E-state index contributed by atoms with van der Waals surface area (Å²) in [7, 11) is 2.01. The number of ether oxygens (including phenoxy) is 1. The molecule has 1 heterocycles. The zero-order chi connectivity index (χ0) is 29.5. The molecular formula is C32H37Cl2N3O4. The maximum Gasteiger partial charge on any atom is 0.228 e. The number of hydrogen-bond acceptors (Lipinski definition) is 5. The highest BCUT2D eigenvalue weighted by molar-refractivity contribution is 6.42. The van der Waals surface area contributed by atoms with Crippen molar-refractivity contribution in [3.8, 4) is 5.75 Å². The van der Waals surface area contributed by atoms with Crippen LogP contribution in [0.3, 0.4) is 0 Å². The lowest BCUT2D eigenvalue weighted by Gasteiger charge is -2.34. The third-order valence-electron chi connectivity index (χ3n) is 7.34. The second-order valence-electron chi connectivity index (χ2n) is 10.9.